The number of rotatable bonds is 0. The molecule has 0 bridgehead atoms. The van der Waals surface area contributed by atoms with Gasteiger partial charge in [-0.25, -0.2) is 4.99 Å². The van der Waals surface area contributed by atoms with Gasteiger partial charge in [0.05, 0.1) is 0 Å². The van der Waals surface area contributed by atoms with Crippen LogP contribution in [-0.2, 0) is 0 Å². The fourth-order valence-electron chi connectivity index (χ4n) is 1.67. The zero-order valence-corrected chi connectivity index (χ0v) is 7.24. The molecule has 1 fully saturated rings. The molecule has 0 N–H and O–H groups in total. The van der Waals surface area contributed by atoms with Gasteiger partial charge < -0.3 is 4.90 Å². The largest absolute Gasteiger partial charge is 0.360 e. The molecule has 2 rings (SSSR count). The molecule has 1 saturated heterocycles. The molecular formula is C10H14N2. The fourth-order valence-corrected chi connectivity index (χ4v) is 1.67. The molecule has 0 radical (unpaired) electrons. The molecule has 2 aliphatic rings. The second kappa shape index (κ2) is 3.57. The van der Waals surface area contributed by atoms with Crippen LogP contribution in [0.15, 0.2) is 29.4 Å². The summed E-state index contributed by atoms with van der Waals surface area (Å²) in [6.45, 7) is 2.39. The lowest BCUT2D eigenvalue weighted by molar-refractivity contribution is 0.512. The molecule has 2 heteroatoms. The predicted molar refractivity (Wildman–Crippen MR) is 51.1 cm³/mol. The van der Waals surface area contributed by atoms with Crippen LogP contribution in [0.2, 0.25) is 0 Å². The second-order valence-corrected chi connectivity index (χ2v) is 3.21. The number of nitrogens with zero attached hydrogens (tertiary/aromatic N) is 2. The molecule has 0 spiro atoms. The summed E-state index contributed by atoms with van der Waals surface area (Å²) in [5, 5.41) is 0. The normalized spacial score (nSPS) is 22.7. The molecule has 2 aliphatic heterocycles. The van der Waals surface area contributed by atoms with Gasteiger partial charge in [-0.05, 0) is 18.9 Å². The summed E-state index contributed by atoms with van der Waals surface area (Å²) < 4.78 is 0. The van der Waals surface area contributed by atoms with E-state index in [1.54, 1.807) is 0 Å². The Morgan fingerprint density at radius 3 is 2.83 bits per heavy atom. The lowest BCUT2D eigenvalue weighted by Crippen LogP contribution is -2.26. The van der Waals surface area contributed by atoms with Gasteiger partial charge in [0.25, 0.3) is 0 Å². The molecule has 12 heavy (non-hydrogen) atoms. The van der Waals surface area contributed by atoms with Gasteiger partial charge in [0.1, 0.15) is 5.84 Å². The number of hydrogen-bond acceptors (Lipinski definition) is 2. The summed E-state index contributed by atoms with van der Waals surface area (Å²) in [5.41, 5.74) is 0. The third-order valence-electron chi connectivity index (χ3n) is 2.33. The van der Waals surface area contributed by atoms with Crippen molar-refractivity contribution in [3.8, 4) is 0 Å². The number of amidine groups is 1. The Bertz CT molecular complexity index is 232. The zero-order chi connectivity index (χ0) is 8.23. The summed E-state index contributed by atoms with van der Waals surface area (Å²) in [5.74, 6) is 1.23. The summed E-state index contributed by atoms with van der Waals surface area (Å²) in [4.78, 5) is 6.79. The predicted octanol–water partition coefficient (Wildman–Crippen LogP) is 1.95. The minimum Gasteiger partial charge on any atom is -0.360 e. The minimum atomic E-state index is 0.993. The third-order valence-corrected chi connectivity index (χ3v) is 2.33. The van der Waals surface area contributed by atoms with Crippen molar-refractivity contribution in [1.82, 2.24) is 4.90 Å². The van der Waals surface area contributed by atoms with Crippen LogP contribution >= 0.6 is 0 Å². The standard InChI is InChI=1S/C10H14N2/c1-2-6-10(11-7-3-1)12-8-4-5-9-12/h1-3,7H,4-6,8-9H2. The van der Waals surface area contributed by atoms with E-state index in [1.165, 1.54) is 31.8 Å². The van der Waals surface area contributed by atoms with Gasteiger partial charge in [0, 0.05) is 25.7 Å². The summed E-state index contributed by atoms with van der Waals surface area (Å²) in [6, 6.07) is 0. The van der Waals surface area contributed by atoms with Crippen molar-refractivity contribution >= 4 is 5.84 Å². The van der Waals surface area contributed by atoms with Crippen molar-refractivity contribution in [3.05, 3.63) is 24.4 Å². The Balaban J connectivity index is 2.06. The number of allylic oxidation sites excluding steroid dienone is 2. The molecule has 0 amide bonds. The zero-order valence-electron chi connectivity index (χ0n) is 7.24. The van der Waals surface area contributed by atoms with E-state index in [1.807, 2.05) is 12.3 Å². The molecule has 0 unspecified atom stereocenters. The van der Waals surface area contributed by atoms with Crippen molar-refractivity contribution in [2.24, 2.45) is 4.99 Å². The van der Waals surface area contributed by atoms with Gasteiger partial charge in [0.15, 0.2) is 0 Å². The number of hydrogen-bond donors (Lipinski definition) is 0. The maximum Gasteiger partial charge on any atom is 0.108 e. The minimum absolute atomic E-state index is 0.993. The van der Waals surface area contributed by atoms with E-state index in [2.05, 4.69) is 22.0 Å². The maximum absolute atomic E-state index is 4.40. The highest BCUT2D eigenvalue weighted by molar-refractivity contribution is 5.84. The molecular weight excluding hydrogens is 148 g/mol. The summed E-state index contributed by atoms with van der Waals surface area (Å²) in [7, 11) is 0. The highest BCUT2D eigenvalue weighted by Crippen LogP contribution is 2.11. The van der Waals surface area contributed by atoms with Crippen LogP contribution < -0.4 is 0 Å². The summed E-state index contributed by atoms with van der Waals surface area (Å²) >= 11 is 0. The SMILES string of the molecule is C1=CCC(N2CCCC2)=NC=C1. The first-order valence-corrected chi connectivity index (χ1v) is 4.60. The first-order valence-electron chi connectivity index (χ1n) is 4.60. The molecule has 2 heterocycles. The first kappa shape index (κ1) is 7.59. The smallest absolute Gasteiger partial charge is 0.108 e. The quantitative estimate of drug-likeness (QED) is 0.531. The van der Waals surface area contributed by atoms with Crippen LogP contribution in [0.25, 0.3) is 0 Å². The molecule has 0 aromatic rings. The summed E-state index contributed by atoms with van der Waals surface area (Å²) in [6.07, 6.45) is 11.7. The fraction of sp³-hybridized carbons (Fsp3) is 0.500. The van der Waals surface area contributed by atoms with Crippen LogP contribution in [0.1, 0.15) is 19.3 Å². The third kappa shape index (κ3) is 1.58. The Kier molecular flexibility index (Phi) is 2.26. The Morgan fingerprint density at radius 2 is 2.00 bits per heavy atom. The lowest BCUT2D eigenvalue weighted by Gasteiger charge is -2.17. The van der Waals surface area contributed by atoms with Crippen LogP contribution in [0, 0.1) is 0 Å². The lowest BCUT2D eigenvalue weighted by atomic mass is 10.3. The maximum atomic E-state index is 4.40. The molecule has 2 nitrogen and oxygen atoms in total. The topological polar surface area (TPSA) is 15.6 Å². The molecule has 0 aromatic heterocycles. The van der Waals surface area contributed by atoms with Crippen molar-refractivity contribution in [3.63, 3.8) is 0 Å². The van der Waals surface area contributed by atoms with Crippen molar-refractivity contribution in [1.29, 1.82) is 0 Å². The highest BCUT2D eigenvalue weighted by atomic mass is 15.2. The molecule has 64 valence electrons. The average molecular weight is 162 g/mol. The van der Waals surface area contributed by atoms with Gasteiger partial charge in [-0.3, -0.25) is 0 Å². The van der Waals surface area contributed by atoms with Crippen LogP contribution in [0.4, 0.5) is 0 Å². The van der Waals surface area contributed by atoms with Gasteiger partial charge in [-0.2, -0.15) is 0 Å². The molecule has 0 aliphatic carbocycles. The highest BCUT2D eigenvalue weighted by Gasteiger charge is 2.14. The van der Waals surface area contributed by atoms with E-state index in [0.29, 0.717) is 0 Å². The molecule has 0 aromatic carbocycles. The van der Waals surface area contributed by atoms with E-state index < -0.39 is 0 Å². The van der Waals surface area contributed by atoms with E-state index in [4.69, 9.17) is 0 Å². The average Bonchev–Trinajstić information content (AvgIpc) is 2.48. The Labute approximate surface area is 73.3 Å². The van der Waals surface area contributed by atoms with Crippen molar-refractivity contribution in [2.45, 2.75) is 19.3 Å². The monoisotopic (exact) mass is 162 g/mol. The van der Waals surface area contributed by atoms with Crippen LogP contribution in [0.3, 0.4) is 0 Å². The Hall–Kier alpha value is -1.05. The number of aliphatic imine (C=N–C) groups is 1. The second-order valence-electron chi connectivity index (χ2n) is 3.21. The molecule has 0 atom stereocenters. The van der Waals surface area contributed by atoms with Crippen molar-refractivity contribution in [2.75, 3.05) is 13.1 Å². The molecule has 0 saturated carbocycles. The first-order chi connectivity index (χ1) is 5.97. The van der Waals surface area contributed by atoms with Crippen LogP contribution in [-0.4, -0.2) is 23.8 Å². The Morgan fingerprint density at radius 1 is 1.17 bits per heavy atom. The van der Waals surface area contributed by atoms with Gasteiger partial charge in [-0.1, -0.05) is 12.2 Å². The van der Waals surface area contributed by atoms with E-state index in [9.17, 15) is 0 Å². The van der Waals surface area contributed by atoms with Crippen molar-refractivity contribution < 1.29 is 0 Å². The van der Waals surface area contributed by atoms with Gasteiger partial charge in [-0.15, -0.1) is 0 Å². The van der Waals surface area contributed by atoms with E-state index in [0.717, 1.165) is 6.42 Å². The van der Waals surface area contributed by atoms with E-state index in [-0.39, 0.29) is 0 Å². The van der Waals surface area contributed by atoms with Gasteiger partial charge >= 0.3 is 0 Å². The van der Waals surface area contributed by atoms with Crippen LogP contribution in [0.5, 0.6) is 0 Å². The number of likely N-dealkylation sites (tertiary alicyclic amines) is 1. The van der Waals surface area contributed by atoms with E-state index >= 15 is 0 Å². The van der Waals surface area contributed by atoms with Gasteiger partial charge in [0.2, 0.25) is 0 Å².